The standard InChI is InChI=1S/C14H19FN2OS/c1-14(2,10-16)5-3-4-6-19(18)13-8-11(15)7-12(17)9-13/h7-9H,3-6,17H2,1-2H3. The van der Waals surface area contributed by atoms with Crippen molar-refractivity contribution in [2.24, 2.45) is 5.41 Å². The summed E-state index contributed by atoms with van der Waals surface area (Å²) in [5.41, 5.74) is 5.46. The average molecular weight is 282 g/mol. The highest BCUT2D eigenvalue weighted by atomic mass is 32.2. The predicted molar refractivity (Wildman–Crippen MR) is 75.3 cm³/mol. The molecule has 1 aromatic rings. The van der Waals surface area contributed by atoms with Crippen molar-refractivity contribution in [3.05, 3.63) is 24.0 Å². The van der Waals surface area contributed by atoms with Crippen molar-refractivity contribution >= 4 is 16.5 Å². The molecule has 0 aliphatic carbocycles. The van der Waals surface area contributed by atoms with Crippen molar-refractivity contribution < 1.29 is 8.60 Å². The van der Waals surface area contributed by atoms with Crippen molar-refractivity contribution in [2.45, 2.75) is 38.0 Å². The molecule has 0 saturated heterocycles. The lowest BCUT2D eigenvalue weighted by atomic mass is 9.89. The van der Waals surface area contributed by atoms with Crippen molar-refractivity contribution in [1.29, 1.82) is 5.26 Å². The molecule has 3 nitrogen and oxygen atoms in total. The van der Waals surface area contributed by atoms with Gasteiger partial charge in [-0.25, -0.2) is 4.39 Å². The number of nitriles is 1. The first-order valence-electron chi connectivity index (χ1n) is 6.20. The lowest BCUT2D eigenvalue weighted by Gasteiger charge is -2.14. The number of unbranched alkanes of at least 4 members (excludes halogenated alkanes) is 1. The summed E-state index contributed by atoms with van der Waals surface area (Å²) in [5, 5.41) is 8.88. The fraction of sp³-hybridized carbons (Fsp3) is 0.500. The highest BCUT2D eigenvalue weighted by Gasteiger charge is 2.16. The summed E-state index contributed by atoms with van der Waals surface area (Å²) in [7, 11) is -1.24. The molecule has 19 heavy (non-hydrogen) atoms. The molecule has 0 aliphatic rings. The predicted octanol–water partition coefficient (Wildman–Crippen LogP) is 3.24. The second-order valence-corrected chi connectivity index (χ2v) is 6.79. The van der Waals surface area contributed by atoms with Gasteiger partial charge >= 0.3 is 0 Å². The number of nitrogen functional groups attached to an aromatic ring is 1. The summed E-state index contributed by atoms with van der Waals surface area (Å²) in [5.74, 6) is -0.00122. The van der Waals surface area contributed by atoms with E-state index in [1.807, 2.05) is 13.8 Å². The van der Waals surface area contributed by atoms with Crippen LogP contribution in [0.4, 0.5) is 10.1 Å². The first-order valence-corrected chi connectivity index (χ1v) is 7.52. The molecule has 0 saturated carbocycles. The quantitative estimate of drug-likeness (QED) is 0.643. The normalized spacial score (nSPS) is 12.9. The largest absolute Gasteiger partial charge is 0.399 e. The summed E-state index contributed by atoms with van der Waals surface area (Å²) in [4.78, 5) is 0.428. The Morgan fingerprint density at radius 1 is 1.37 bits per heavy atom. The van der Waals surface area contributed by atoms with Crippen LogP contribution < -0.4 is 5.73 Å². The van der Waals surface area contributed by atoms with Gasteiger partial charge in [0, 0.05) is 16.3 Å². The maximum atomic E-state index is 13.1. The van der Waals surface area contributed by atoms with Gasteiger partial charge in [0.15, 0.2) is 0 Å². The molecule has 0 radical (unpaired) electrons. The van der Waals surface area contributed by atoms with Crippen LogP contribution in [0.25, 0.3) is 0 Å². The molecule has 1 atom stereocenters. The number of halogens is 1. The zero-order chi connectivity index (χ0) is 14.5. The van der Waals surface area contributed by atoms with E-state index in [1.165, 1.54) is 12.1 Å². The van der Waals surface area contributed by atoms with Crippen molar-refractivity contribution in [3.63, 3.8) is 0 Å². The molecule has 1 aromatic carbocycles. The Labute approximate surface area is 116 Å². The lowest BCUT2D eigenvalue weighted by molar-refractivity contribution is 0.432. The van der Waals surface area contributed by atoms with Gasteiger partial charge in [0.05, 0.1) is 22.3 Å². The Morgan fingerprint density at radius 3 is 2.63 bits per heavy atom. The molecule has 104 valence electrons. The molecule has 0 bridgehead atoms. The average Bonchev–Trinajstić information content (AvgIpc) is 2.33. The molecule has 0 amide bonds. The maximum absolute atomic E-state index is 13.1. The SMILES string of the molecule is CC(C)(C#N)CCCCS(=O)c1cc(N)cc(F)c1. The van der Waals surface area contributed by atoms with Gasteiger partial charge in [-0.3, -0.25) is 4.21 Å². The minimum Gasteiger partial charge on any atom is -0.399 e. The second kappa shape index (κ2) is 6.67. The minimum absolute atomic E-state index is 0.286. The van der Waals surface area contributed by atoms with Gasteiger partial charge in [-0.2, -0.15) is 5.26 Å². The Kier molecular flexibility index (Phi) is 5.49. The first kappa shape index (κ1) is 15.6. The third kappa shape index (κ3) is 5.39. The summed E-state index contributed by atoms with van der Waals surface area (Å²) >= 11 is 0. The van der Waals surface area contributed by atoms with E-state index < -0.39 is 16.6 Å². The second-order valence-electron chi connectivity index (χ2n) is 5.22. The van der Waals surface area contributed by atoms with E-state index in [2.05, 4.69) is 6.07 Å². The molecule has 0 heterocycles. The van der Waals surface area contributed by atoms with Crippen LogP contribution in [0.2, 0.25) is 0 Å². The van der Waals surface area contributed by atoms with E-state index in [4.69, 9.17) is 11.0 Å². The van der Waals surface area contributed by atoms with Crippen LogP contribution in [0.5, 0.6) is 0 Å². The van der Waals surface area contributed by atoms with Gasteiger partial charge in [0.2, 0.25) is 0 Å². The number of hydrogen-bond donors (Lipinski definition) is 1. The Hall–Kier alpha value is -1.41. The topological polar surface area (TPSA) is 66.9 Å². The number of rotatable bonds is 6. The third-order valence-corrected chi connectivity index (χ3v) is 4.26. The van der Waals surface area contributed by atoms with Crippen LogP contribution in [0.15, 0.2) is 23.1 Å². The molecular weight excluding hydrogens is 263 g/mol. The third-order valence-electron chi connectivity index (χ3n) is 2.84. The van der Waals surface area contributed by atoms with Crippen LogP contribution in [-0.4, -0.2) is 9.96 Å². The number of benzene rings is 1. The summed E-state index contributed by atoms with van der Waals surface area (Å²) in [6.07, 6.45) is 2.34. The first-order chi connectivity index (χ1) is 8.84. The van der Waals surface area contributed by atoms with E-state index >= 15 is 0 Å². The summed E-state index contributed by atoms with van der Waals surface area (Å²) in [6, 6.07) is 6.23. The van der Waals surface area contributed by atoms with Crippen LogP contribution in [0.3, 0.4) is 0 Å². The van der Waals surface area contributed by atoms with Crippen LogP contribution in [0, 0.1) is 22.6 Å². The monoisotopic (exact) mass is 282 g/mol. The van der Waals surface area contributed by atoms with Gasteiger partial charge in [-0.1, -0.05) is 6.42 Å². The molecule has 0 aromatic heterocycles. The molecule has 0 aliphatic heterocycles. The smallest absolute Gasteiger partial charge is 0.126 e. The van der Waals surface area contributed by atoms with E-state index in [0.29, 0.717) is 10.6 Å². The molecule has 1 rings (SSSR count). The molecule has 5 heteroatoms. The van der Waals surface area contributed by atoms with Crippen molar-refractivity contribution in [1.82, 2.24) is 0 Å². The minimum atomic E-state index is -1.24. The Bertz CT molecular complexity index is 488. The van der Waals surface area contributed by atoms with Crippen LogP contribution in [-0.2, 0) is 10.8 Å². The Morgan fingerprint density at radius 2 is 2.05 bits per heavy atom. The van der Waals surface area contributed by atoms with E-state index in [0.717, 1.165) is 19.3 Å². The molecule has 1 unspecified atom stereocenters. The zero-order valence-electron chi connectivity index (χ0n) is 11.3. The fourth-order valence-electron chi connectivity index (χ4n) is 1.69. The van der Waals surface area contributed by atoms with Gasteiger partial charge in [0.25, 0.3) is 0 Å². The van der Waals surface area contributed by atoms with Gasteiger partial charge in [0.1, 0.15) is 5.82 Å². The number of nitrogens with two attached hydrogens (primary N) is 1. The van der Waals surface area contributed by atoms with Gasteiger partial charge < -0.3 is 5.73 Å². The summed E-state index contributed by atoms with van der Waals surface area (Å²) < 4.78 is 25.1. The summed E-state index contributed by atoms with van der Waals surface area (Å²) in [6.45, 7) is 3.77. The van der Waals surface area contributed by atoms with E-state index in [1.54, 1.807) is 6.07 Å². The van der Waals surface area contributed by atoms with Crippen LogP contribution in [0.1, 0.15) is 33.1 Å². The highest BCUT2D eigenvalue weighted by molar-refractivity contribution is 7.85. The lowest BCUT2D eigenvalue weighted by Crippen LogP contribution is -2.08. The highest BCUT2D eigenvalue weighted by Crippen LogP contribution is 2.22. The molecule has 0 spiro atoms. The molecule has 2 N–H and O–H groups in total. The Balaban J connectivity index is 2.46. The van der Waals surface area contributed by atoms with Crippen molar-refractivity contribution in [3.8, 4) is 6.07 Å². The number of anilines is 1. The zero-order valence-corrected chi connectivity index (χ0v) is 12.1. The van der Waals surface area contributed by atoms with Crippen LogP contribution >= 0.6 is 0 Å². The molecule has 0 fully saturated rings. The fourth-order valence-corrected chi connectivity index (χ4v) is 2.90. The molecular formula is C14H19FN2OS. The van der Waals surface area contributed by atoms with Gasteiger partial charge in [-0.15, -0.1) is 0 Å². The van der Waals surface area contributed by atoms with E-state index in [9.17, 15) is 8.60 Å². The van der Waals surface area contributed by atoms with Gasteiger partial charge in [-0.05, 0) is 44.9 Å². The number of hydrogen-bond acceptors (Lipinski definition) is 3. The number of nitrogens with zero attached hydrogens (tertiary/aromatic N) is 1. The maximum Gasteiger partial charge on any atom is 0.126 e. The van der Waals surface area contributed by atoms with E-state index in [-0.39, 0.29) is 11.1 Å². The van der Waals surface area contributed by atoms with Crippen molar-refractivity contribution in [2.75, 3.05) is 11.5 Å².